The van der Waals surface area contributed by atoms with Crippen molar-refractivity contribution in [2.45, 2.75) is 90.0 Å². The highest BCUT2D eigenvalue weighted by Crippen LogP contribution is 2.41. The molecule has 0 spiro atoms. The van der Waals surface area contributed by atoms with Crippen molar-refractivity contribution >= 4 is 22.9 Å². The quantitative estimate of drug-likeness (QED) is 0.300. The molecule has 2 aliphatic carbocycles. The van der Waals surface area contributed by atoms with E-state index < -0.39 is 0 Å². The second kappa shape index (κ2) is 13.7. The number of ketones is 2. The number of benzene rings is 2. The summed E-state index contributed by atoms with van der Waals surface area (Å²) >= 11 is 0. The van der Waals surface area contributed by atoms with Gasteiger partial charge in [0.2, 0.25) is 0 Å². The summed E-state index contributed by atoms with van der Waals surface area (Å²) in [4.78, 5) is 26.5. The predicted octanol–water partition coefficient (Wildman–Crippen LogP) is 12.7. The van der Waals surface area contributed by atoms with E-state index in [2.05, 4.69) is 116 Å². The van der Waals surface area contributed by atoms with Gasteiger partial charge in [0.15, 0.2) is 11.6 Å². The van der Waals surface area contributed by atoms with Crippen molar-refractivity contribution in [2.24, 2.45) is 42.1 Å². The second-order valence-electron chi connectivity index (χ2n) is 17.1. The van der Waals surface area contributed by atoms with Crippen molar-refractivity contribution in [3.63, 3.8) is 0 Å². The van der Waals surface area contributed by atoms with Crippen molar-refractivity contribution in [3.8, 4) is 11.1 Å². The molecule has 4 rings (SSSR count). The van der Waals surface area contributed by atoms with E-state index >= 15 is 0 Å². The topological polar surface area (TPSA) is 83.6 Å². The minimum absolute atomic E-state index is 0.0955. The van der Waals surface area contributed by atoms with Crippen LogP contribution >= 0.6 is 0 Å². The van der Waals surface area contributed by atoms with E-state index in [0.717, 1.165) is 55.8 Å². The second-order valence-corrected chi connectivity index (χ2v) is 17.1. The maximum Gasteiger partial charge on any atom is 0.186 e. The zero-order valence-electron chi connectivity index (χ0n) is 31.6. The molecular formula is C43H52N4O2. The summed E-state index contributed by atoms with van der Waals surface area (Å²) < 4.78 is 0. The van der Waals surface area contributed by atoms with Gasteiger partial charge in [0.05, 0.1) is 23.8 Å². The lowest BCUT2D eigenvalue weighted by molar-refractivity contribution is -0.114. The highest BCUT2D eigenvalue weighted by molar-refractivity contribution is 6.12. The van der Waals surface area contributed by atoms with Crippen LogP contribution in [0, 0.1) is 28.6 Å². The number of allylic oxidation sites excluding steroid dienone is 10. The van der Waals surface area contributed by atoms with Gasteiger partial charge in [-0.15, -0.1) is 0 Å². The Bertz CT molecular complexity index is 1820. The van der Waals surface area contributed by atoms with E-state index in [-0.39, 0.29) is 33.2 Å². The summed E-state index contributed by atoms with van der Waals surface area (Å²) in [6.45, 7) is 26.7. The van der Waals surface area contributed by atoms with Crippen LogP contribution in [-0.4, -0.2) is 11.6 Å². The first-order valence-corrected chi connectivity index (χ1v) is 17.0. The number of carbonyl (C=O) groups is 2. The zero-order valence-corrected chi connectivity index (χ0v) is 31.6. The molecule has 2 aromatic rings. The third-order valence-corrected chi connectivity index (χ3v) is 8.54. The molecule has 0 atom stereocenters. The Hall–Kier alpha value is -4.58. The molecule has 0 N–H and O–H groups in total. The van der Waals surface area contributed by atoms with Gasteiger partial charge in [0.25, 0.3) is 0 Å². The molecule has 256 valence electrons. The predicted molar refractivity (Wildman–Crippen MR) is 202 cm³/mol. The number of carbonyl (C=O) groups excluding carboxylic acids is 2. The lowest BCUT2D eigenvalue weighted by Crippen LogP contribution is -2.27. The molecule has 0 aliphatic heterocycles. The SMILES string of the molecule is Cc1ccc(-c2ccc(N=NC=C3C=C(C(C)(C)C)C(=O)C(C(C)(C)C)=C3)cc2)c(N=NC=C2C=C(C(C)(C)C)C(=O)C(C(C)(C)C)=C2)c1. The van der Waals surface area contributed by atoms with Crippen LogP contribution < -0.4 is 0 Å². The largest absolute Gasteiger partial charge is 0.289 e. The summed E-state index contributed by atoms with van der Waals surface area (Å²) in [5.41, 5.74) is 8.13. The summed E-state index contributed by atoms with van der Waals surface area (Å²) in [7, 11) is 0. The van der Waals surface area contributed by atoms with Crippen molar-refractivity contribution < 1.29 is 9.59 Å². The van der Waals surface area contributed by atoms with Gasteiger partial charge in [-0.1, -0.05) is 107 Å². The van der Waals surface area contributed by atoms with Crippen molar-refractivity contribution in [2.75, 3.05) is 0 Å². The fourth-order valence-electron chi connectivity index (χ4n) is 5.68. The number of azo groups is 2. The number of nitrogens with zero attached hydrogens (tertiary/aromatic N) is 4. The molecule has 0 saturated carbocycles. The minimum atomic E-state index is -0.291. The van der Waals surface area contributed by atoms with Gasteiger partial charge < -0.3 is 0 Å². The molecule has 2 aliphatic rings. The Labute approximate surface area is 293 Å². The molecule has 0 saturated heterocycles. The first-order valence-electron chi connectivity index (χ1n) is 17.0. The average molecular weight is 657 g/mol. The molecule has 0 radical (unpaired) electrons. The molecule has 6 nitrogen and oxygen atoms in total. The molecule has 0 unspecified atom stereocenters. The molecule has 0 fully saturated rings. The number of aryl methyl sites for hydroxylation is 1. The Kier molecular flexibility index (Phi) is 10.4. The number of rotatable bonds is 5. The molecule has 0 heterocycles. The van der Waals surface area contributed by atoms with Crippen LogP contribution in [0.15, 0.2) is 133 Å². The lowest BCUT2D eigenvalue weighted by Gasteiger charge is -2.31. The van der Waals surface area contributed by atoms with Gasteiger partial charge in [-0.05, 0) is 93.4 Å². The van der Waals surface area contributed by atoms with E-state index in [0.29, 0.717) is 5.69 Å². The van der Waals surface area contributed by atoms with Crippen LogP contribution in [0.3, 0.4) is 0 Å². The molecule has 6 heteroatoms. The maximum absolute atomic E-state index is 13.3. The minimum Gasteiger partial charge on any atom is -0.289 e. The molecule has 0 bridgehead atoms. The lowest BCUT2D eigenvalue weighted by atomic mass is 9.72. The highest BCUT2D eigenvalue weighted by atomic mass is 16.1. The van der Waals surface area contributed by atoms with Crippen LogP contribution in [0.5, 0.6) is 0 Å². The number of Topliss-reactive ketones (excluding diaryl/α,β-unsaturated/α-hetero) is 2. The van der Waals surface area contributed by atoms with Crippen LogP contribution in [0.1, 0.15) is 88.6 Å². The maximum atomic E-state index is 13.3. The third kappa shape index (κ3) is 9.11. The normalized spacial score (nSPS) is 16.6. The van der Waals surface area contributed by atoms with Crippen LogP contribution in [-0.2, 0) is 9.59 Å². The Morgan fingerprint density at radius 2 is 0.898 bits per heavy atom. The average Bonchev–Trinajstić information content (AvgIpc) is 2.97. The molecule has 0 amide bonds. The van der Waals surface area contributed by atoms with Gasteiger partial charge in [-0.2, -0.15) is 20.5 Å². The molecule has 2 aromatic carbocycles. The standard InChI is InChI=1S/C43H52N4O2/c1-27-14-19-32(37(20-27)47-45-26-29-23-35(42(8,9)10)39(49)36(24-29)43(11,12)13)30-15-17-31(18-16-30)46-44-25-28-21-33(40(2,3)4)38(48)34(22-28)41(5,6)7/h14-26H,1-13H3. The van der Waals surface area contributed by atoms with Gasteiger partial charge >= 0.3 is 0 Å². The van der Waals surface area contributed by atoms with E-state index in [9.17, 15) is 9.59 Å². The monoisotopic (exact) mass is 656 g/mol. The first kappa shape index (κ1) is 37.2. The molecule has 49 heavy (non-hydrogen) atoms. The smallest absolute Gasteiger partial charge is 0.186 e. The molecular weight excluding hydrogens is 604 g/mol. The fourth-order valence-corrected chi connectivity index (χ4v) is 5.68. The van der Waals surface area contributed by atoms with E-state index in [1.54, 1.807) is 12.4 Å². The van der Waals surface area contributed by atoms with Crippen LogP contribution in [0.25, 0.3) is 11.1 Å². The summed E-state index contributed by atoms with van der Waals surface area (Å²) in [5, 5.41) is 17.9. The summed E-state index contributed by atoms with van der Waals surface area (Å²) in [5.74, 6) is 0.193. The van der Waals surface area contributed by atoms with Crippen molar-refractivity contribution in [1.29, 1.82) is 0 Å². The van der Waals surface area contributed by atoms with E-state index in [1.807, 2.05) is 61.6 Å². The van der Waals surface area contributed by atoms with E-state index in [1.165, 1.54) is 0 Å². The highest BCUT2D eigenvalue weighted by Gasteiger charge is 2.35. The van der Waals surface area contributed by atoms with E-state index in [4.69, 9.17) is 0 Å². The van der Waals surface area contributed by atoms with Gasteiger partial charge in [0.1, 0.15) is 0 Å². The Morgan fingerprint density at radius 3 is 1.29 bits per heavy atom. The fraction of sp³-hybridized carbons (Fsp3) is 0.395. The first-order chi connectivity index (χ1) is 22.6. The zero-order chi connectivity index (χ0) is 36.5. The summed E-state index contributed by atoms with van der Waals surface area (Å²) in [6, 6.07) is 14.0. The van der Waals surface area contributed by atoms with Gasteiger partial charge in [-0.25, -0.2) is 0 Å². The van der Waals surface area contributed by atoms with Gasteiger partial charge in [-0.3, -0.25) is 9.59 Å². The number of hydrogen-bond donors (Lipinski definition) is 0. The van der Waals surface area contributed by atoms with Crippen LogP contribution in [0.4, 0.5) is 11.4 Å². The van der Waals surface area contributed by atoms with Crippen molar-refractivity contribution in [3.05, 3.63) is 118 Å². The molecule has 0 aromatic heterocycles. The van der Waals surface area contributed by atoms with Gasteiger partial charge in [0, 0.05) is 27.9 Å². The van der Waals surface area contributed by atoms with Crippen LogP contribution in [0.2, 0.25) is 0 Å². The third-order valence-electron chi connectivity index (χ3n) is 8.54. The van der Waals surface area contributed by atoms with Crippen molar-refractivity contribution in [1.82, 2.24) is 0 Å². The number of hydrogen-bond acceptors (Lipinski definition) is 6. The summed E-state index contributed by atoms with van der Waals surface area (Å²) in [6.07, 6.45) is 11.2. The Morgan fingerprint density at radius 1 is 0.510 bits per heavy atom. The Balaban J connectivity index is 1.61.